The van der Waals surface area contributed by atoms with Gasteiger partial charge < -0.3 is 20.1 Å². The summed E-state index contributed by atoms with van der Waals surface area (Å²) < 4.78 is 23.9. The molecule has 0 bridgehead atoms. The summed E-state index contributed by atoms with van der Waals surface area (Å²) in [6.45, 7) is -0.0991. The number of ether oxygens (including phenoxy) is 2. The first-order chi connectivity index (χ1) is 11.0. The van der Waals surface area contributed by atoms with Crippen molar-refractivity contribution in [2.24, 2.45) is 0 Å². The van der Waals surface area contributed by atoms with Crippen LogP contribution in [0.5, 0.6) is 11.5 Å². The van der Waals surface area contributed by atoms with E-state index in [1.165, 1.54) is 32.4 Å². The second-order valence-corrected chi connectivity index (χ2v) is 5.06. The molecule has 0 aliphatic heterocycles. The highest BCUT2D eigenvalue weighted by molar-refractivity contribution is 6.30. The Morgan fingerprint density at radius 3 is 2.35 bits per heavy atom. The highest BCUT2D eigenvalue weighted by Crippen LogP contribution is 2.25. The molecule has 0 saturated carbocycles. The monoisotopic (exact) mass is 338 g/mol. The second kappa shape index (κ2) is 7.69. The Labute approximate surface area is 138 Å². The van der Waals surface area contributed by atoms with Crippen molar-refractivity contribution in [3.8, 4) is 11.5 Å². The Morgan fingerprint density at radius 2 is 1.78 bits per heavy atom. The van der Waals surface area contributed by atoms with Gasteiger partial charge in [0.05, 0.1) is 26.5 Å². The molecule has 0 radical (unpaired) electrons. The fraction of sp³-hybridized carbons (Fsp3) is 0.188. The molecular weight excluding hydrogens is 323 g/mol. The normalized spacial score (nSPS) is 10.1. The van der Waals surface area contributed by atoms with E-state index in [0.717, 1.165) is 0 Å². The van der Waals surface area contributed by atoms with Crippen LogP contribution in [0.3, 0.4) is 0 Å². The van der Waals surface area contributed by atoms with E-state index in [4.69, 9.17) is 21.1 Å². The number of benzene rings is 2. The molecule has 23 heavy (non-hydrogen) atoms. The lowest BCUT2D eigenvalue weighted by atomic mass is 10.2. The molecule has 122 valence electrons. The van der Waals surface area contributed by atoms with Crippen molar-refractivity contribution in [3.05, 3.63) is 47.2 Å². The van der Waals surface area contributed by atoms with E-state index in [1.807, 2.05) is 0 Å². The molecule has 5 nitrogen and oxygen atoms in total. The molecule has 0 spiro atoms. The van der Waals surface area contributed by atoms with E-state index in [1.54, 1.807) is 18.2 Å². The minimum atomic E-state index is -0.520. The van der Waals surface area contributed by atoms with Gasteiger partial charge in [0, 0.05) is 28.9 Å². The molecule has 0 aliphatic rings. The van der Waals surface area contributed by atoms with E-state index in [2.05, 4.69) is 10.6 Å². The predicted molar refractivity (Wildman–Crippen MR) is 88.1 cm³/mol. The molecule has 0 heterocycles. The molecule has 0 aromatic heterocycles. The second-order valence-electron chi connectivity index (χ2n) is 4.63. The van der Waals surface area contributed by atoms with E-state index in [9.17, 15) is 9.18 Å². The van der Waals surface area contributed by atoms with Crippen molar-refractivity contribution in [1.29, 1.82) is 0 Å². The van der Waals surface area contributed by atoms with Crippen LogP contribution >= 0.6 is 11.6 Å². The highest BCUT2D eigenvalue weighted by atomic mass is 35.5. The number of rotatable bonds is 6. The van der Waals surface area contributed by atoms with Crippen molar-refractivity contribution < 1.29 is 18.7 Å². The smallest absolute Gasteiger partial charge is 0.243 e. The molecular formula is C16H16ClFN2O3. The van der Waals surface area contributed by atoms with Gasteiger partial charge in [-0.25, -0.2) is 4.39 Å². The van der Waals surface area contributed by atoms with E-state index < -0.39 is 5.82 Å². The maximum absolute atomic E-state index is 13.6. The van der Waals surface area contributed by atoms with E-state index in [0.29, 0.717) is 22.2 Å². The lowest BCUT2D eigenvalue weighted by Crippen LogP contribution is -2.22. The Bertz CT molecular complexity index is 687. The average molecular weight is 339 g/mol. The van der Waals surface area contributed by atoms with Gasteiger partial charge >= 0.3 is 0 Å². The maximum atomic E-state index is 13.6. The molecule has 0 saturated heterocycles. The maximum Gasteiger partial charge on any atom is 0.243 e. The summed E-state index contributed by atoms with van der Waals surface area (Å²) in [7, 11) is 3.04. The third-order valence-corrected chi connectivity index (χ3v) is 3.24. The largest absolute Gasteiger partial charge is 0.497 e. The van der Waals surface area contributed by atoms with Crippen LogP contribution in [0.15, 0.2) is 36.4 Å². The SMILES string of the molecule is COc1cc(NC(=O)CNc2ccc(Cl)cc2F)cc(OC)c1. The molecule has 2 rings (SSSR count). The van der Waals surface area contributed by atoms with E-state index >= 15 is 0 Å². The Morgan fingerprint density at radius 1 is 1.13 bits per heavy atom. The van der Waals surface area contributed by atoms with Crippen LogP contribution in [0.25, 0.3) is 0 Å². The first-order valence-corrected chi connectivity index (χ1v) is 7.11. The van der Waals surface area contributed by atoms with Crippen molar-refractivity contribution in [2.75, 3.05) is 31.4 Å². The van der Waals surface area contributed by atoms with Crippen molar-refractivity contribution >= 4 is 28.9 Å². The predicted octanol–water partition coefficient (Wildman–Crippen LogP) is 3.55. The van der Waals surface area contributed by atoms with Gasteiger partial charge in [-0.2, -0.15) is 0 Å². The molecule has 2 aromatic carbocycles. The number of anilines is 2. The zero-order valence-corrected chi connectivity index (χ0v) is 13.4. The number of carbonyl (C=O) groups is 1. The fourth-order valence-electron chi connectivity index (χ4n) is 1.89. The average Bonchev–Trinajstić information content (AvgIpc) is 2.53. The van der Waals surface area contributed by atoms with Crippen LogP contribution in [0.4, 0.5) is 15.8 Å². The van der Waals surface area contributed by atoms with Crippen molar-refractivity contribution in [3.63, 3.8) is 0 Å². The number of carbonyl (C=O) groups excluding carboxylic acids is 1. The number of hydrogen-bond donors (Lipinski definition) is 2. The Kier molecular flexibility index (Phi) is 5.65. The topological polar surface area (TPSA) is 59.6 Å². The van der Waals surface area contributed by atoms with Crippen molar-refractivity contribution in [1.82, 2.24) is 0 Å². The molecule has 0 fully saturated rings. The van der Waals surface area contributed by atoms with Crippen LogP contribution in [0.1, 0.15) is 0 Å². The number of hydrogen-bond acceptors (Lipinski definition) is 4. The lowest BCUT2D eigenvalue weighted by Gasteiger charge is -2.11. The van der Waals surface area contributed by atoms with Crippen LogP contribution in [-0.2, 0) is 4.79 Å². The van der Waals surface area contributed by atoms with Crippen LogP contribution < -0.4 is 20.1 Å². The first-order valence-electron chi connectivity index (χ1n) is 6.73. The zero-order chi connectivity index (χ0) is 16.8. The summed E-state index contributed by atoms with van der Waals surface area (Å²) in [6, 6.07) is 9.19. The third-order valence-electron chi connectivity index (χ3n) is 3.01. The van der Waals surface area contributed by atoms with Gasteiger partial charge in [-0.05, 0) is 18.2 Å². The number of methoxy groups -OCH3 is 2. The van der Waals surface area contributed by atoms with Crippen molar-refractivity contribution in [2.45, 2.75) is 0 Å². The summed E-state index contributed by atoms with van der Waals surface area (Å²) in [5, 5.41) is 5.68. The summed E-state index contributed by atoms with van der Waals surface area (Å²) in [4.78, 5) is 12.0. The number of halogens is 2. The van der Waals surface area contributed by atoms with Gasteiger partial charge in [0.15, 0.2) is 0 Å². The van der Waals surface area contributed by atoms with Gasteiger partial charge in [-0.3, -0.25) is 4.79 Å². The molecule has 2 N–H and O–H groups in total. The molecule has 7 heteroatoms. The van der Waals surface area contributed by atoms with Gasteiger partial charge in [0.2, 0.25) is 5.91 Å². The summed E-state index contributed by atoms with van der Waals surface area (Å²) in [6.07, 6.45) is 0. The molecule has 0 aliphatic carbocycles. The van der Waals surface area contributed by atoms with Gasteiger partial charge in [0.25, 0.3) is 0 Å². The summed E-state index contributed by atoms with van der Waals surface area (Å²) in [5.41, 5.74) is 0.720. The third kappa shape index (κ3) is 4.75. The molecule has 0 atom stereocenters. The summed E-state index contributed by atoms with van der Waals surface area (Å²) >= 11 is 5.67. The Balaban J connectivity index is 1.99. The highest BCUT2D eigenvalue weighted by Gasteiger charge is 2.08. The first kappa shape index (κ1) is 16.9. The lowest BCUT2D eigenvalue weighted by molar-refractivity contribution is -0.114. The molecule has 2 aromatic rings. The fourth-order valence-corrected chi connectivity index (χ4v) is 2.05. The number of nitrogens with one attached hydrogen (secondary N) is 2. The summed E-state index contributed by atoms with van der Waals surface area (Å²) in [5.74, 6) is 0.246. The quantitative estimate of drug-likeness (QED) is 0.845. The molecule has 1 amide bonds. The Hall–Kier alpha value is -2.47. The minimum Gasteiger partial charge on any atom is -0.497 e. The molecule has 0 unspecified atom stereocenters. The number of amides is 1. The van der Waals surface area contributed by atoms with Gasteiger partial charge in [0.1, 0.15) is 17.3 Å². The standard InChI is InChI=1S/C16H16ClFN2O3/c1-22-12-6-11(7-13(8-12)23-2)20-16(21)9-19-15-4-3-10(17)5-14(15)18/h3-8,19H,9H2,1-2H3,(H,20,21). The van der Waals surface area contributed by atoms with Gasteiger partial charge in [-0.1, -0.05) is 11.6 Å². The minimum absolute atomic E-state index is 0.0991. The van der Waals surface area contributed by atoms with Crippen LogP contribution in [-0.4, -0.2) is 26.7 Å². The van der Waals surface area contributed by atoms with E-state index in [-0.39, 0.29) is 18.1 Å². The zero-order valence-electron chi connectivity index (χ0n) is 12.7. The van der Waals surface area contributed by atoms with Gasteiger partial charge in [-0.15, -0.1) is 0 Å². The van der Waals surface area contributed by atoms with Crippen LogP contribution in [0.2, 0.25) is 5.02 Å². The van der Waals surface area contributed by atoms with Crippen LogP contribution in [0, 0.1) is 5.82 Å².